The molecule has 0 aromatic rings. The van der Waals surface area contributed by atoms with Gasteiger partial charge in [0.15, 0.2) is 0 Å². The molecule has 0 fully saturated rings. The van der Waals surface area contributed by atoms with E-state index in [-0.39, 0.29) is 16.4 Å². The molecular formula is H9AlO4. The Balaban J connectivity index is -0.00000000167. The van der Waals surface area contributed by atoms with Crippen molar-refractivity contribution in [3.8, 4) is 0 Å². The molecule has 0 aliphatic heterocycles. The van der Waals surface area contributed by atoms with E-state index in [0.717, 1.165) is 0 Å². The Morgan fingerprint density at radius 1 is 0.800 bits per heavy atom. The second-order valence-corrected chi connectivity index (χ2v) is 0. The second kappa shape index (κ2) is 358. The van der Waals surface area contributed by atoms with Crippen LogP contribution >= 0.6 is 0 Å². The van der Waals surface area contributed by atoms with Gasteiger partial charge in [0.05, 0.1) is 0 Å². The number of hydrogen-bond donors (Lipinski definition) is 1. The summed E-state index contributed by atoms with van der Waals surface area (Å²) < 4.78 is 7.14. The molecule has 0 aliphatic rings. The maximum atomic E-state index is 7.14. The quantitative estimate of drug-likeness (QED) is 0.307. The molecular weight excluding hydrogens is 91.0 g/mol. The first-order valence-electron chi connectivity index (χ1n) is 0.447. The summed E-state index contributed by atoms with van der Waals surface area (Å²) in [4.78, 5) is 0. The monoisotopic (exact) mass is 100 g/mol. The minimum atomic E-state index is 0. The highest BCUT2D eigenvalue weighted by Gasteiger charge is 1.05. The van der Waals surface area contributed by atoms with Crippen LogP contribution in [0.4, 0.5) is 0 Å². The average Bonchev–Trinajstić information content (AvgIpc) is 1.00. The summed E-state index contributed by atoms with van der Waals surface area (Å²) >= 11 is 0.306. The molecule has 36 valence electrons. The van der Waals surface area contributed by atoms with Crippen LogP contribution in [0.1, 0.15) is 0 Å². The molecule has 0 spiro atoms. The Morgan fingerprint density at radius 2 is 0.800 bits per heavy atom. The highest BCUT2D eigenvalue weighted by atomic mass is 27.1. The zero-order chi connectivity index (χ0) is 2.00. The molecule has 0 aromatic carbocycles. The molecule has 5 heteroatoms. The molecule has 0 aromatic heterocycles. The van der Waals surface area contributed by atoms with Crippen molar-refractivity contribution in [2.24, 2.45) is 0 Å². The van der Waals surface area contributed by atoms with Crippen molar-refractivity contribution in [2.75, 3.05) is 0 Å². The molecule has 0 amide bonds. The topological polar surface area (TPSA) is 115 Å². The molecule has 4 nitrogen and oxygen atoms in total. The Morgan fingerprint density at radius 3 is 0.800 bits per heavy atom. The molecule has 0 saturated heterocycles. The van der Waals surface area contributed by atoms with Crippen LogP contribution in [0.5, 0.6) is 0 Å². The SMILES string of the molecule is O.O.O.[OH][AlH2]. The highest BCUT2D eigenvalue weighted by Crippen LogP contribution is 0.666. The van der Waals surface area contributed by atoms with Gasteiger partial charge in [0.25, 0.3) is 0 Å². The maximum Gasteiger partial charge on any atom is 0.407 e. The molecule has 0 heterocycles. The van der Waals surface area contributed by atoms with Crippen molar-refractivity contribution in [1.82, 2.24) is 0 Å². The van der Waals surface area contributed by atoms with Crippen molar-refractivity contribution in [2.45, 2.75) is 0 Å². The Kier molecular flexibility index (Phi) is 3910. The van der Waals surface area contributed by atoms with Gasteiger partial charge in [-0.15, -0.1) is 0 Å². The summed E-state index contributed by atoms with van der Waals surface area (Å²) in [7, 11) is 0. The van der Waals surface area contributed by atoms with Crippen LogP contribution in [0.2, 0.25) is 0 Å². The summed E-state index contributed by atoms with van der Waals surface area (Å²) in [5, 5.41) is 0. The van der Waals surface area contributed by atoms with E-state index in [0.29, 0.717) is 16.6 Å². The summed E-state index contributed by atoms with van der Waals surface area (Å²) in [5.74, 6) is 0. The van der Waals surface area contributed by atoms with E-state index in [1.54, 1.807) is 0 Å². The molecule has 0 rings (SSSR count). The summed E-state index contributed by atoms with van der Waals surface area (Å²) in [5.41, 5.74) is 0. The Labute approximate surface area is 38.1 Å². The van der Waals surface area contributed by atoms with Crippen LogP contribution in [0.3, 0.4) is 0 Å². The highest BCUT2D eigenvalue weighted by molar-refractivity contribution is 5.95. The van der Waals surface area contributed by atoms with Crippen molar-refractivity contribution in [3.05, 3.63) is 0 Å². The van der Waals surface area contributed by atoms with E-state index >= 15 is 0 Å². The van der Waals surface area contributed by atoms with E-state index in [4.69, 9.17) is 4.16 Å². The minimum absolute atomic E-state index is 0. The van der Waals surface area contributed by atoms with Gasteiger partial charge in [-0.2, -0.15) is 0 Å². The van der Waals surface area contributed by atoms with Gasteiger partial charge < -0.3 is 20.6 Å². The third kappa shape index (κ3) is 177. The lowest BCUT2D eigenvalue weighted by Gasteiger charge is -1.16. The van der Waals surface area contributed by atoms with E-state index in [1.807, 2.05) is 0 Å². The molecule has 0 radical (unpaired) electrons. The van der Waals surface area contributed by atoms with Crippen LogP contribution in [0, 0.1) is 0 Å². The first kappa shape index (κ1) is 54.5. The number of rotatable bonds is 0. The van der Waals surface area contributed by atoms with Gasteiger partial charge in [0.2, 0.25) is 0 Å². The third-order valence-electron chi connectivity index (χ3n) is 0. The van der Waals surface area contributed by atoms with Gasteiger partial charge in [-0.25, -0.2) is 0 Å². The maximum absolute atomic E-state index is 7.14. The Bertz CT molecular complexity index is 3.61. The van der Waals surface area contributed by atoms with E-state index in [2.05, 4.69) is 0 Å². The molecule has 0 saturated carbocycles. The fraction of sp³-hybridized carbons (Fsp3) is 0. The Hall–Kier alpha value is 0.372. The molecule has 0 atom stereocenters. The average molecular weight is 100 g/mol. The lowest BCUT2D eigenvalue weighted by atomic mass is 15.9. The van der Waals surface area contributed by atoms with Gasteiger partial charge >= 0.3 is 16.6 Å². The predicted octanol–water partition coefficient (Wildman–Crippen LogP) is -3.95. The normalized spacial score (nSPS) is 1.00. The van der Waals surface area contributed by atoms with Crippen LogP contribution in [0.15, 0.2) is 0 Å². The molecule has 5 heavy (non-hydrogen) atoms. The van der Waals surface area contributed by atoms with Crippen molar-refractivity contribution >= 4 is 16.6 Å². The molecule has 0 aliphatic carbocycles. The van der Waals surface area contributed by atoms with Gasteiger partial charge in [-0.1, -0.05) is 0 Å². The summed E-state index contributed by atoms with van der Waals surface area (Å²) in [6.07, 6.45) is 0. The predicted molar refractivity (Wildman–Crippen MR) is 21.6 cm³/mol. The van der Waals surface area contributed by atoms with Gasteiger partial charge in [-0.3, -0.25) is 0 Å². The first-order valence-corrected chi connectivity index (χ1v) is 1.34. The van der Waals surface area contributed by atoms with Gasteiger partial charge in [0, 0.05) is 0 Å². The molecule has 0 unspecified atom stereocenters. The second-order valence-electron chi connectivity index (χ2n) is 0. The van der Waals surface area contributed by atoms with Crippen LogP contribution in [-0.4, -0.2) is 37.2 Å². The minimum Gasteiger partial charge on any atom is -0.521 e. The zero-order valence-electron chi connectivity index (χ0n) is 2.95. The van der Waals surface area contributed by atoms with E-state index in [1.165, 1.54) is 0 Å². The zero-order valence-corrected chi connectivity index (χ0v) is 4.95. The van der Waals surface area contributed by atoms with E-state index < -0.39 is 0 Å². The van der Waals surface area contributed by atoms with Crippen LogP contribution in [-0.2, 0) is 0 Å². The third-order valence-corrected chi connectivity index (χ3v) is 0. The molecule has 7 N–H and O–H groups in total. The fourth-order valence-corrected chi connectivity index (χ4v) is 0. The fourth-order valence-electron chi connectivity index (χ4n) is 0. The summed E-state index contributed by atoms with van der Waals surface area (Å²) in [6, 6.07) is 0. The van der Waals surface area contributed by atoms with Crippen LogP contribution in [0.25, 0.3) is 0 Å². The van der Waals surface area contributed by atoms with Crippen molar-refractivity contribution in [3.63, 3.8) is 0 Å². The largest absolute Gasteiger partial charge is 0.521 e. The standard InChI is InChI=1S/Al.4H2O.2H/h;4*1H2;;/q+1;;;;;;/p-1. The molecule has 0 bridgehead atoms. The number of hydrogen-bond acceptors (Lipinski definition) is 1. The summed E-state index contributed by atoms with van der Waals surface area (Å²) in [6.45, 7) is 0. The van der Waals surface area contributed by atoms with Crippen LogP contribution < -0.4 is 0 Å². The first-order chi connectivity index (χ1) is 1.00. The van der Waals surface area contributed by atoms with Gasteiger partial charge in [-0.05, 0) is 0 Å². The lowest BCUT2D eigenvalue weighted by Crippen LogP contribution is -1.34. The van der Waals surface area contributed by atoms with Crippen molar-refractivity contribution in [1.29, 1.82) is 0 Å². The van der Waals surface area contributed by atoms with Crippen molar-refractivity contribution < 1.29 is 20.6 Å². The van der Waals surface area contributed by atoms with E-state index in [9.17, 15) is 0 Å². The smallest absolute Gasteiger partial charge is 0.407 e. The lowest BCUT2D eigenvalue weighted by molar-refractivity contribution is 0.629. The van der Waals surface area contributed by atoms with Gasteiger partial charge in [0.1, 0.15) is 0 Å².